The van der Waals surface area contributed by atoms with Gasteiger partial charge in [-0.1, -0.05) is 0 Å². The van der Waals surface area contributed by atoms with Gasteiger partial charge in [0.2, 0.25) is 0 Å². The Kier molecular flexibility index (Phi) is 21.7. The normalized spacial score (nSPS) is 22.5. The van der Waals surface area contributed by atoms with Crippen molar-refractivity contribution < 1.29 is 135 Å². The van der Waals surface area contributed by atoms with Crippen molar-refractivity contribution in [3.8, 4) is 0 Å². The fourth-order valence-corrected chi connectivity index (χ4v) is 18.7. The van der Waals surface area contributed by atoms with E-state index in [-0.39, 0.29) is 0 Å². The van der Waals surface area contributed by atoms with E-state index in [9.17, 15) is 135 Å². The van der Waals surface area contributed by atoms with Gasteiger partial charge in [0.05, 0.1) is 26.4 Å². The molecule has 1 aliphatic heterocycles. The van der Waals surface area contributed by atoms with Crippen LogP contribution in [0.4, 0.5) is 0 Å². The summed E-state index contributed by atoms with van der Waals surface area (Å²) in [5.74, 6) is -11.5. The van der Waals surface area contributed by atoms with Crippen molar-refractivity contribution in [3.63, 3.8) is 0 Å². The molecule has 60 heavy (non-hydrogen) atoms. The van der Waals surface area contributed by atoms with Gasteiger partial charge in [0, 0.05) is 52.4 Å². The van der Waals surface area contributed by atoms with Crippen molar-refractivity contribution in [2.24, 2.45) is 0 Å². The quantitative estimate of drug-likeness (QED) is 0.0504. The van der Waals surface area contributed by atoms with Gasteiger partial charge in [0.1, 0.15) is 45.8 Å². The minimum atomic E-state index is -6.01. The van der Waals surface area contributed by atoms with Gasteiger partial charge < -0.3 is 98.7 Å². The monoisotopic (exact) mass is 1040 g/mol. The molecule has 8 atom stereocenters. The molecule has 0 spiro atoms. The van der Waals surface area contributed by atoms with E-state index in [4.69, 9.17) is 0 Å². The first kappa shape index (κ1) is 58.9. The molecule has 32 nitrogen and oxygen atoms in total. The smallest absolute Gasteiger partial charge is 0.343 e. The molecular weight excluding hydrogens is 992 g/mol. The fraction of sp³-hybridized carbons (Fsp3) is 1.00. The van der Waals surface area contributed by atoms with Gasteiger partial charge in [-0.05, 0) is 0 Å². The average molecular weight is 1040 g/mol. The molecule has 0 radical (unpaired) electrons. The SMILES string of the molecule is O=P(O)(O)C(CO)C(N1CCN(C(C(CO)P(=O)(O)O)P(=O)(O)O)CCN(C(C(CO)P(=O)(O)O)P(=O)(O)O)CCN(C(C(CO)P(=O)(O)O)P(=O)(O)O)CC1)P(=O)(O)O. The third-order valence-electron chi connectivity index (χ3n) is 9.43. The Morgan fingerprint density at radius 1 is 0.267 bits per heavy atom. The third-order valence-corrected chi connectivity index (χ3v) is 21.1. The Hall–Kier alpha value is 0.880. The highest BCUT2D eigenvalue weighted by atomic mass is 31.2. The van der Waals surface area contributed by atoms with E-state index in [0.717, 1.165) is 0 Å². The fourth-order valence-electron chi connectivity index (χ4n) is 6.75. The minimum absolute atomic E-state index is 0.360. The molecule has 1 saturated heterocycles. The zero-order chi connectivity index (χ0) is 47.4. The van der Waals surface area contributed by atoms with E-state index in [0.29, 0.717) is 19.6 Å². The summed E-state index contributed by atoms with van der Waals surface area (Å²) in [5.41, 5.74) is -11.0. The topological polar surface area (TPSA) is 554 Å². The Balaban J connectivity index is 4.51. The van der Waals surface area contributed by atoms with Crippen molar-refractivity contribution in [2.45, 2.75) is 45.8 Å². The van der Waals surface area contributed by atoms with Crippen LogP contribution in [0.1, 0.15) is 0 Å². The highest BCUT2D eigenvalue weighted by Gasteiger charge is 2.54. The molecule has 0 aromatic carbocycles. The molecule has 40 heteroatoms. The lowest BCUT2D eigenvalue weighted by atomic mass is 10.2. The molecule has 1 fully saturated rings. The van der Waals surface area contributed by atoms with Crippen molar-refractivity contribution in [1.29, 1.82) is 0 Å². The van der Waals surface area contributed by atoms with Gasteiger partial charge in [0.15, 0.2) is 0 Å². The molecule has 0 aromatic heterocycles. The van der Waals surface area contributed by atoms with Crippen LogP contribution in [0.3, 0.4) is 0 Å². The lowest BCUT2D eigenvalue weighted by Crippen LogP contribution is -2.57. The molecule has 0 saturated carbocycles. The second kappa shape index (κ2) is 22.1. The second-order valence-corrected chi connectivity index (χ2v) is 27.7. The molecule has 0 bridgehead atoms. The first-order chi connectivity index (χ1) is 26.7. The van der Waals surface area contributed by atoms with E-state index in [1.54, 1.807) is 0 Å². The lowest BCUT2D eigenvalue weighted by molar-refractivity contribution is 0.0749. The van der Waals surface area contributed by atoms with Crippen LogP contribution in [0.2, 0.25) is 0 Å². The molecular formula is C20H52N4O28P8. The third kappa shape index (κ3) is 16.6. The summed E-state index contributed by atoms with van der Waals surface area (Å²) in [5, 5.41) is 39.7. The Morgan fingerprint density at radius 2 is 0.383 bits per heavy atom. The van der Waals surface area contributed by atoms with Gasteiger partial charge in [0.25, 0.3) is 0 Å². The van der Waals surface area contributed by atoms with Crippen LogP contribution in [0, 0.1) is 0 Å². The van der Waals surface area contributed by atoms with Crippen LogP contribution in [0.5, 0.6) is 0 Å². The van der Waals surface area contributed by atoms with Gasteiger partial charge in [-0.3, -0.25) is 56.1 Å². The van der Waals surface area contributed by atoms with Gasteiger partial charge in [-0.15, -0.1) is 0 Å². The lowest BCUT2D eigenvalue weighted by Gasteiger charge is -2.45. The maximum absolute atomic E-state index is 12.9. The Bertz CT molecular complexity index is 1530. The van der Waals surface area contributed by atoms with Crippen LogP contribution < -0.4 is 0 Å². The predicted molar refractivity (Wildman–Crippen MR) is 201 cm³/mol. The molecule has 1 rings (SSSR count). The summed E-state index contributed by atoms with van der Waals surface area (Å²) in [7, 11) is -47.3. The molecule has 360 valence electrons. The standard InChI is InChI=1S/C20H52N4O28P8/c25-9-13(53(29,30)31)17(57(41,42)43)21-1-2-22(18(58(44,45)46)14(10-26)54(32,33)34)5-6-24(20(60(50,51)52)16(12-28)56(38,39)40)8-7-23(4-3-21)19(59(47,48)49)15(11-27)55(35,36)37/h13-20,25-28H,1-12H2,(H2,29,30,31)(H2,32,33,34)(H2,35,36,37)(H2,38,39,40)(H2,41,42,43)(H2,44,45,46)(H2,47,48,49)(H2,50,51,52). The first-order valence-corrected chi connectivity index (χ1v) is 30.0. The second-order valence-electron chi connectivity index (χ2n) is 13.5. The van der Waals surface area contributed by atoms with E-state index in [2.05, 4.69) is 0 Å². The molecule has 1 aliphatic rings. The van der Waals surface area contributed by atoms with Crippen molar-refractivity contribution in [1.82, 2.24) is 19.6 Å². The summed E-state index contributed by atoms with van der Waals surface area (Å²) < 4.78 is 102. The highest BCUT2D eigenvalue weighted by molar-refractivity contribution is 7.58. The summed E-state index contributed by atoms with van der Waals surface area (Å²) in [6.45, 7) is -16.6. The largest absolute Gasteiger partial charge is 0.395 e. The van der Waals surface area contributed by atoms with Crippen LogP contribution in [0.25, 0.3) is 0 Å². The number of aliphatic hydroxyl groups is 4. The van der Waals surface area contributed by atoms with Crippen LogP contribution in [-0.2, 0) is 36.5 Å². The number of rotatable bonds is 20. The Morgan fingerprint density at radius 3 is 0.450 bits per heavy atom. The molecule has 0 aliphatic carbocycles. The maximum Gasteiger partial charge on any atom is 0.343 e. The molecule has 1 heterocycles. The number of nitrogens with zero attached hydrogens (tertiary/aromatic N) is 4. The summed E-state index contributed by atoms with van der Waals surface area (Å²) in [6, 6.07) is 0. The van der Waals surface area contributed by atoms with E-state index in [1.807, 2.05) is 0 Å². The molecule has 0 aromatic rings. The maximum atomic E-state index is 12.9. The number of aliphatic hydroxyl groups excluding tert-OH is 4. The van der Waals surface area contributed by atoms with Gasteiger partial charge in [-0.25, -0.2) is 0 Å². The van der Waals surface area contributed by atoms with Crippen LogP contribution in [-0.4, -0.2) is 243 Å². The van der Waals surface area contributed by atoms with E-state index in [1.165, 1.54) is 0 Å². The molecule has 20 N–H and O–H groups in total. The Labute approximate surface area is 339 Å². The van der Waals surface area contributed by atoms with Gasteiger partial charge >= 0.3 is 60.8 Å². The summed E-state index contributed by atoms with van der Waals surface area (Å²) in [4.78, 5) is 164. The predicted octanol–water partition coefficient (Wildman–Crippen LogP) is -6.62. The molecule has 8 unspecified atom stereocenters. The summed E-state index contributed by atoms with van der Waals surface area (Å²) >= 11 is 0. The zero-order valence-electron chi connectivity index (χ0n) is 30.7. The van der Waals surface area contributed by atoms with E-state index < -0.39 is 185 Å². The number of hydrogen-bond donors (Lipinski definition) is 20. The highest BCUT2D eigenvalue weighted by Crippen LogP contribution is 2.59. The minimum Gasteiger partial charge on any atom is -0.395 e. The molecule has 0 amide bonds. The first-order valence-electron chi connectivity index (χ1n) is 16.5. The average Bonchev–Trinajstić information content (AvgIpc) is 3.00. The number of hydrogen-bond acceptors (Lipinski definition) is 16. The van der Waals surface area contributed by atoms with Crippen molar-refractivity contribution >= 4 is 60.8 Å². The summed E-state index contributed by atoms with van der Waals surface area (Å²) in [6.07, 6.45) is 0. The van der Waals surface area contributed by atoms with Gasteiger partial charge in [-0.2, -0.15) is 0 Å². The van der Waals surface area contributed by atoms with Crippen LogP contribution >= 0.6 is 60.8 Å². The van der Waals surface area contributed by atoms with Crippen molar-refractivity contribution in [3.05, 3.63) is 0 Å². The zero-order valence-corrected chi connectivity index (χ0v) is 37.8. The van der Waals surface area contributed by atoms with Crippen LogP contribution in [0.15, 0.2) is 0 Å². The van der Waals surface area contributed by atoms with Crippen molar-refractivity contribution in [2.75, 3.05) is 78.8 Å². The van der Waals surface area contributed by atoms with E-state index >= 15 is 0 Å².